The normalized spacial score (nSPS) is 20.9. The van der Waals surface area contributed by atoms with Crippen LogP contribution in [0.5, 0.6) is 0 Å². The summed E-state index contributed by atoms with van der Waals surface area (Å²) in [5.41, 5.74) is 0.123. The van der Waals surface area contributed by atoms with Gasteiger partial charge in [0.15, 0.2) is 0 Å². The van der Waals surface area contributed by atoms with Crippen LogP contribution in [0.3, 0.4) is 0 Å². The molecule has 9 nitrogen and oxygen atoms in total. The molecule has 12 heteroatoms. The molecule has 4 heterocycles. The van der Waals surface area contributed by atoms with Crippen LogP contribution in [0, 0.1) is 5.92 Å². The zero-order valence-electron chi connectivity index (χ0n) is 17.4. The molecular weight excluding hydrogens is 477 g/mol. The van der Waals surface area contributed by atoms with Crippen LogP contribution in [0.4, 0.5) is 5.69 Å². The zero-order valence-corrected chi connectivity index (χ0v) is 19.7. The standard InChI is InChI=1S/C20H25Cl2N5O4S/c21-18-16(24-11-14-3-2-10-31-13-14)12-25-27(20(18)28)15-5-8-26(9-6-15)32(29,30)17-4-1-7-23-19(17)22/h1,4,7,12,14-15,24H,2-3,5-6,8-11,13H2/t14-/m1/s1. The predicted octanol–water partition coefficient (Wildman–Crippen LogP) is 2.81. The van der Waals surface area contributed by atoms with Gasteiger partial charge in [0.1, 0.15) is 15.1 Å². The SMILES string of the molecule is O=c1c(Cl)c(NC[C@H]2CCCOC2)cnn1C1CCN(S(=O)(=O)c2cccnc2Cl)CC1. The molecule has 32 heavy (non-hydrogen) atoms. The molecule has 2 aliphatic heterocycles. The van der Waals surface area contributed by atoms with Gasteiger partial charge in [-0.1, -0.05) is 23.2 Å². The largest absolute Gasteiger partial charge is 0.382 e. The summed E-state index contributed by atoms with van der Waals surface area (Å²) in [4.78, 5) is 16.7. The summed E-state index contributed by atoms with van der Waals surface area (Å²) in [6.45, 7) is 2.64. The molecule has 0 unspecified atom stereocenters. The van der Waals surface area contributed by atoms with Crippen LogP contribution in [0.1, 0.15) is 31.7 Å². The first-order valence-electron chi connectivity index (χ1n) is 10.6. The molecule has 0 saturated carbocycles. The third-order valence-electron chi connectivity index (χ3n) is 5.89. The lowest BCUT2D eigenvalue weighted by atomic mass is 10.0. The number of nitrogens with one attached hydrogen (secondary N) is 1. The van der Waals surface area contributed by atoms with Crippen molar-refractivity contribution in [2.24, 2.45) is 5.92 Å². The Morgan fingerprint density at radius 3 is 2.69 bits per heavy atom. The van der Waals surface area contributed by atoms with Crippen LogP contribution >= 0.6 is 23.2 Å². The summed E-state index contributed by atoms with van der Waals surface area (Å²) in [5.74, 6) is 0.377. The number of piperidine rings is 1. The Kier molecular flexibility index (Phi) is 7.36. The third-order valence-corrected chi connectivity index (χ3v) is 8.60. The lowest BCUT2D eigenvalue weighted by molar-refractivity contribution is 0.0595. The van der Waals surface area contributed by atoms with E-state index in [1.165, 1.54) is 27.3 Å². The number of pyridine rings is 1. The number of ether oxygens (including phenoxy) is 1. The van der Waals surface area contributed by atoms with E-state index in [9.17, 15) is 13.2 Å². The van der Waals surface area contributed by atoms with Crippen molar-refractivity contribution in [1.82, 2.24) is 19.1 Å². The average molecular weight is 502 g/mol. The molecule has 2 fully saturated rings. The summed E-state index contributed by atoms with van der Waals surface area (Å²) < 4.78 is 34.0. The summed E-state index contributed by atoms with van der Waals surface area (Å²) in [5, 5.41) is 7.56. The number of hydrogen-bond acceptors (Lipinski definition) is 7. The zero-order chi connectivity index (χ0) is 22.7. The molecule has 1 N–H and O–H groups in total. The van der Waals surface area contributed by atoms with Crippen molar-refractivity contribution in [3.05, 3.63) is 45.1 Å². The first-order valence-corrected chi connectivity index (χ1v) is 12.8. The highest BCUT2D eigenvalue weighted by atomic mass is 35.5. The molecule has 2 aromatic heterocycles. The van der Waals surface area contributed by atoms with Gasteiger partial charge in [0.05, 0.1) is 24.5 Å². The van der Waals surface area contributed by atoms with E-state index in [1.807, 2.05) is 0 Å². The smallest absolute Gasteiger partial charge is 0.287 e. The Balaban J connectivity index is 1.41. The Bertz CT molecular complexity index is 1110. The quantitative estimate of drug-likeness (QED) is 0.606. The first kappa shape index (κ1) is 23.4. The first-order chi connectivity index (χ1) is 15.4. The molecule has 0 aromatic carbocycles. The minimum absolute atomic E-state index is 0.0164. The molecule has 0 bridgehead atoms. The van der Waals surface area contributed by atoms with E-state index in [2.05, 4.69) is 15.4 Å². The highest BCUT2D eigenvalue weighted by molar-refractivity contribution is 7.89. The minimum atomic E-state index is -3.76. The van der Waals surface area contributed by atoms with Gasteiger partial charge in [-0.15, -0.1) is 0 Å². The number of sulfonamides is 1. The van der Waals surface area contributed by atoms with Crippen LogP contribution in [-0.4, -0.2) is 60.3 Å². The van der Waals surface area contributed by atoms with Crippen molar-refractivity contribution in [2.75, 3.05) is 38.2 Å². The van der Waals surface area contributed by atoms with Gasteiger partial charge in [0.25, 0.3) is 5.56 Å². The number of halogens is 2. The third kappa shape index (κ3) is 4.94. The van der Waals surface area contributed by atoms with E-state index in [4.69, 9.17) is 27.9 Å². The van der Waals surface area contributed by atoms with Gasteiger partial charge in [-0.3, -0.25) is 4.79 Å². The maximum atomic E-state index is 12.9. The van der Waals surface area contributed by atoms with Gasteiger partial charge in [-0.25, -0.2) is 18.1 Å². The van der Waals surface area contributed by atoms with Crippen LogP contribution in [0.25, 0.3) is 0 Å². The maximum absolute atomic E-state index is 12.9. The van der Waals surface area contributed by atoms with E-state index in [0.717, 1.165) is 19.4 Å². The molecule has 1 atom stereocenters. The van der Waals surface area contributed by atoms with Gasteiger partial charge in [0, 0.05) is 32.4 Å². The molecule has 174 valence electrons. The Morgan fingerprint density at radius 2 is 2.00 bits per heavy atom. The molecule has 0 aliphatic carbocycles. The van der Waals surface area contributed by atoms with Gasteiger partial charge in [0.2, 0.25) is 10.0 Å². The summed E-state index contributed by atoms with van der Waals surface area (Å²) in [6, 6.07) is 2.73. The lowest BCUT2D eigenvalue weighted by Gasteiger charge is -2.31. The van der Waals surface area contributed by atoms with Gasteiger partial charge in [-0.2, -0.15) is 9.40 Å². The molecule has 0 amide bonds. The average Bonchev–Trinajstić information content (AvgIpc) is 2.81. The fourth-order valence-electron chi connectivity index (χ4n) is 4.08. The van der Waals surface area contributed by atoms with Crippen molar-refractivity contribution in [1.29, 1.82) is 0 Å². The van der Waals surface area contributed by atoms with Crippen LogP contribution in [0.15, 0.2) is 34.2 Å². The number of rotatable bonds is 6. The summed E-state index contributed by atoms with van der Waals surface area (Å²) in [6.07, 6.45) is 5.98. The number of anilines is 1. The van der Waals surface area contributed by atoms with Crippen LogP contribution in [0.2, 0.25) is 10.2 Å². The van der Waals surface area contributed by atoms with Crippen LogP contribution < -0.4 is 10.9 Å². The Labute approximate surface area is 196 Å². The van der Waals surface area contributed by atoms with Gasteiger partial charge in [-0.05, 0) is 43.7 Å². The van der Waals surface area contributed by atoms with E-state index in [1.54, 1.807) is 6.20 Å². The molecule has 4 rings (SSSR count). The number of aromatic nitrogens is 3. The van der Waals surface area contributed by atoms with Crippen molar-refractivity contribution >= 4 is 38.9 Å². The molecule has 0 radical (unpaired) electrons. The second-order valence-electron chi connectivity index (χ2n) is 8.01. The van der Waals surface area contributed by atoms with Gasteiger partial charge >= 0.3 is 0 Å². The number of nitrogens with zero attached hydrogens (tertiary/aromatic N) is 4. The molecule has 2 aromatic rings. The Morgan fingerprint density at radius 1 is 1.22 bits per heavy atom. The fourth-order valence-corrected chi connectivity index (χ4v) is 6.18. The van der Waals surface area contributed by atoms with Crippen molar-refractivity contribution < 1.29 is 13.2 Å². The topological polar surface area (TPSA) is 106 Å². The predicted molar refractivity (Wildman–Crippen MR) is 122 cm³/mol. The maximum Gasteiger partial charge on any atom is 0.287 e. The second kappa shape index (κ2) is 10.0. The van der Waals surface area contributed by atoms with Crippen molar-refractivity contribution in [3.63, 3.8) is 0 Å². The molecule has 0 spiro atoms. The van der Waals surface area contributed by atoms with E-state index in [-0.39, 0.29) is 39.8 Å². The highest BCUT2D eigenvalue weighted by Crippen LogP contribution is 2.29. The minimum Gasteiger partial charge on any atom is -0.382 e. The highest BCUT2D eigenvalue weighted by Gasteiger charge is 2.32. The van der Waals surface area contributed by atoms with Crippen molar-refractivity contribution in [2.45, 2.75) is 36.6 Å². The fraction of sp³-hybridized carbons (Fsp3) is 0.550. The van der Waals surface area contributed by atoms with E-state index in [0.29, 0.717) is 37.6 Å². The second-order valence-corrected chi connectivity index (χ2v) is 10.7. The monoisotopic (exact) mass is 501 g/mol. The van der Waals surface area contributed by atoms with E-state index < -0.39 is 10.0 Å². The van der Waals surface area contributed by atoms with Crippen molar-refractivity contribution in [3.8, 4) is 0 Å². The van der Waals surface area contributed by atoms with E-state index >= 15 is 0 Å². The number of hydrogen-bond donors (Lipinski definition) is 1. The van der Waals surface area contributed by atoms with Gasteiger partial charge < -0.3 is 10.1 Å². The summed E-state index contributed by atoms with van der Waals surface area (Å²) >= 11 is 12.3. The van der Waals surface area contributed by atoms with Crippen LogP contribution in [-0.2, 0) is 14.8 Å². The summed E-state index contributed by atoms with van der Waals surface area (Å²) in [7, 11) is -3.76. The molecular formula is C20H25Cl2N5O4S. The Hall–Kier alpha value is -1.72. The lowest BCUT2D eigenvalue weighted by Crippen LogP contribution is -2.41. The molecule has 2 saturated heterocycles. The molecule has 2 aliphatic rings.